The second kappa shape index (κ2) is 5.14. The molecule has 3 rings (SSSR count). The third-order valence-corrected chi connectivity index (χ3v) is 3.64. The zero-order valence-electron chi connectivity index (χ0n) is 11.0. The van der Waals surface area contributed by atoms with E-state index in [9.17, 15) is 5.11 Å². The van der Waals surface area contributed by atoms with E-state index >= 15 is 0 Å². The number of aromatic amines is 2. The summed E-state index contributed by atoms with van der Waals surface area (Å²) in [5, 5.41) is 17.3. The number of hydrogen-bond acceptors (Lipinski definition) is 4. The maximum Gasteiger partial charge on any atom is 0.120 e. The minimum atomic E-state index is -0.285. The molecule has 1 saturated heterocycles. The summed E-state index contributed by atoms with van der Waals surface area (Å²) in [7, 11) is 0. The summed E-state index contributed by atoms with van der Waals surface area (Å²) < 4.78 is 0. The first-order valence-electron chi connectivity index (χ1n) is 6.60. The lowest BCUT2D eigenvalue weighted by Gasteiger charge is -2.13. The van der Waals surface area contributed by atoms with Gasteiger partial charge in [-0.25, -0.2) is 4.98 Å². The van der Waals surface area contributed by atoms with Gasteiger partial charge in [-0.2, -0.15) is 5.10 Å². The molecule has 2 atom stereocenters. The molecular formula is C13H19N5O. The Labute approximate surface area is 111 Å². The highest BCUT2D eigenvalue weighted by Gasteiger charge is 2.32. The number of imidazole rings is 1. The SMILES string of the molecule is Cc1cc(C[C@@H]2CN(Cc3ncc[nH]3)C[C@H]2O)n[nH]1. The summed E-state index contributed by atoms with van der Waals surface area (Å²) in [5.74, 6) is 1.20. The van der Waals surface area contributed by atoms with E-state index < -0.39 is 0 Å². The number of likely N-dealkylation sites (tertiary alicyclic amines) is 1. The van der Waals surface area contributed by atoms with Crippen molar-refractivity contribution in [3.05, 3.63) is 35.7 Å². The monoisotopic (exact) mass is 261 g/mol. The number of aryl methyl sites for hydroxylation is 1. The first kappa shape index (κ1) is 12.4. The summed E-state index contributed by atoms with van der Waals surface area (Å²) >= 11 is 0. The predicted octanol–water partition coefficient (Wildman–Crippen LogP) is 0.477. The number of hydrogen-bond donors (Lipinski definition) is 3. The van der Waals surface area contributed by atoms with Crippen LogP contribution in [0.4, 0.5) is 0 Å². The third kappa shape index (κ3) is 2.85. The van der Waals surface area contributed by atoms with Crippen LogP contribution >= 0.6 is 0 Å². The van der Waals surface area contributed by atoms with Gasteiger partial charge in [-0.05, 0) is 19.4 Å². The van der Waals surface area contributed by atoms with Crippen molar-refractivity contribution < 1.29 is 5.11 Å². The van der Waals surface area contributed by atoms with E-state index in [1.165, 1.54) is 0 Å². The van der Waals surface area contributed by atoms with Crippen LogP contribution in [0.2, 0.25) is 0 Å². The van der Waals surface area contributed by atoms with Crippen LogP contribution in [-0.2, 0) is 13.0 Å². The average molecular weight is 261 g/mol. The fourth-order valence-electron chi connectivity index (χ4n) is 2.72. The highest BCUT2D eigenvalue weighted by atomic mass is 16.3. The van der Waals surface area contributed by atoms with Gasteiger partial charge in [0.1, 0.15) is 5.82 Å². The van der Waals surface area contributed by atoms with Crippen LogP contribution in [0.1, 0.15) is 17.2 Å². The van der Waals surface area contributed by atoms with Crippen molar-refractivity contribution in [2.45, 2.75) is 26.0 Å². The zero-order valence-corrected chi connectivity index (χ0v) is 11.0. The molecule has 19 heavy (non-hydrogen) atoms. The van der Waals surface area contributed by atoms with E-state index in [-0.39, 0.29) is 12.0 Å². The van der Waals surface area contributed by atoms with Crippen LogP contribution in [0, 0.1) is 12.8 Å². The molecule has 1 aliphatic heterocycles. The van der Waals surface area contributed by atoms with Crippen molar-refractivity contribution in [3.63, 3.8) is 0 Å². The van der Waals surface area contributed by atoms with E-state index in [0.717, 1.165) is 36.7 Å². The lowest BCUT2D eigenvalue weighted by Crippen LogP contribution is -2.22. The number of nitrogens with one attached hydrogen (secondary N) is 2. The minimum Gasteiger partial charge on any atom is -0.391 e. The molecule has 0 amide bonds. The molecule has 2 aromatic heterocycles. The Balaban J connectivity index is 1.59. The number of H-pyrrole nitrogens is 2. The highest BCUT2D eigenvalue weighted by Crippen LogP contribution is 2.22. The van der Waals surface area contributed by atoms with Gasteiger partial charge in [0.05, 0.1) is 18.3 Å². The smallest absolute Gasteiger partial charge is 0.120 e. The van der Waals surface area contributed by atoms with Crippen molar-refractivity contribution >= 4 is 0 Å². The predicted molar refractivity (Wildman–Crippen MR) is 70.4 cm³/mol. The summed E-state index contributed by atoms with van der Waals surface area (Å²) in [5.41, 5.74) is 2.09. The van der Waals surface area contributed by atoms with Gasteiger partial charge in [0.15, 0.2) is 0 Å². The molecule has 0 bridgehead atoms. The van der Waals surface area contributed by atoms with Crippen molar-refractivity contribution in [2.75, 3.05) is 13.1 Å². The third-order valence-electron chi connectivity index (χ3n) is 3.64. The second-order valence-electron chi connectivity index (χ2n) is 5.30. The molecule has 0 radical (unpaired) electrons. The minimum absolute atomic E-state index is 0.248. The quantitative estimate of drug-likeness (QED) is 0.747. The van der Waals surface area contributed by atoms with Gasteiger partial charge in [-0.15, -0.1) is 0 Å². The van der Waals surface area contributed by atoms with Gasteiger partial charge >= 0.3 is 0 Å². The van der Waals surface area contributed by atoms with Gasteiger partial charge in [0.2, 0.25) is 0 Å². The maximum atomic E-state index is 10.1. The number of aliphatic hydroxyl groups is 1. The highest BCUT2D eigenvalue weighted by molar-refractivity contribution is 5.08. The molecule has 2 aromatic rings. The number of β-amino-alcohol motifs (C(OH)–C–C–N with tert-alkyl or cyclic N) is 1. The van der Waals surface area contributed by atoms with Crippen molar-refractivity contribution in [1.29, 1.82) is 0 Å². The maximum absolute atomic E-state index is 10.1. The summed E-state index contributed by atoms with van der Waals surface area (Å²) in [4.78, 5) is 9.55. The standard InChI is InChI=1S/C13H19N5O/c1-9-4-11(17-16-9)5-10-6-18(7-12(10)19)8-13-14-2-3-15-13/h2-4,10,12,19H,5-8H2,1H3,(H,14,15)(H,16,17)/t10-,12-/m1/s1. The van der Waals surface area contributed by atoms with E-state index in [2.05, 4.69) is 25.1 Å². The van der Waals surface area contributed by atoms with Crippen LogP contribution in [0.5, 0.6) is 0 Å². The number of rotatable bonds is 4. The van der Waals surface area contributed by atoms with Crippen molar-refractivity contribution in [3.8, 4) is 0 Å². The van der Waals surface area contributed by atoms with E-state index in [4.69, 9.17) is 0 Å². The lowest BCUT2D eigenvalue weighted by atomic mass is 10.0. The van der Waals surface area contributed by atoms with Gasteiger partial charge in [-0.3, -0.25) is 10.00 Å². The second-order valence-corrected chi connectivity index (χ2v) is 5.30. The van der Waals surface area contributed by atoms with E-state index in [1.54, 1.807) is 6.20 Å². The molecular weight excluding hydrogens is 242 g/mol. The average Bonchev–Trinajstić information content (AvgIpc) is 3.06. The Morgan fingerprint density at radius 2 is 2.37 bits per heavy atom. The normalized spacial score (nSPS) is 24.1. The summed E-state index contributed by atoms with van der Waals surface area (Å²) in [6.07, 6.45) is 4.12. The van der Waals surface area contributed by atoms with Crippen LogP contribution in [0.25, 0.3) is 0 Å². The molecule has 1 fully saturated rings. The summed E-state index contributed by atoms with van der Waals surface area (Å²) in [6, 6.07) is 2.04. The first-order chi connectivity index (χ1) is 9.20. The van der Waals surface area contributed by atoms with Gasteiger partial charge in [0.25, 0.3) is 0 Å². The Bertz CT molecular complexity index is 521. The molecule has 102 valence electrons. The van der Waals surface area contributed by atoms with E-state index in [0.29, 0.717) is 6.54 Å². The number of nitrogens with zero attached hydrogens (tertiary/aromatic N) is 3. The van der Waals surface area contributed by atoms with Crippen LogP contribution < -0.4 is 0 Å². The van der Waals surface area contributed by atoms with Gasteiger partial charge < -0.3 is 10.1 Å². The Kier molecular flexibility index (Phi) is 3.35. The molecule has 6 heteroatoms. The lowest BCUT2D eigenvalue weighted by molar-refractivity contribution is 0.140. The number of aromatic nitrogens is 4. The molecule has 0 aromatic carbocycles. The molecule has 0 spiro atoms. The fraction of sp³-hybridized carbons (Fsp3) is 0.538. The Hall–Kier alpha value is -1.66. The molecule has 1 aliphatic rings. The topological polar surface area (TPSA) is 80.8 Å². The first-order valence-corrected chi connectivity index (χ1v) is 6.60. The Morgan fingerprint density at radius 3 is 3.05 bits per heavy atom. The molecule has 3 heterocycles. The van der Waals surface area contributed by atoms with E-state index in [1.807, 2.05) is 19.2 Å². The molecule has 6 nitrogen and oxygen atoms in total. The van der Waals surface area contributed by atoms with Crippen LogP contribution in [-0.4, -0.2) is 49.4 Å². The van der Waals surface area contributed by atoms with Crippen LogP contribution in [0.3, 0.4) is 0 Å². The summed E-state index contributed by atoms with van der Waals surface area (Å²) in [6.45, 7) is 4.34. The molecule has 0 aliphatic carbocycles. The fourth-order valence-corrected chi connectivity index (χ4v) is 2.72. The van der Waals surface area contributed by atoms with Crippen molar-refractivity contribution in [2.24, 2.45) is 5.92 Å². The molecule has 0 unspecified atom stereocenters. The molecule has 0 saturated carbocycles. The Morgan fingerprint density at radius 1 is 1.47 bits per heavy atom. The number of aliphatic hydroxyl groups excluding tert-OH is 1. The van der Waals surface area contributed by atoms with Gasteiger partial charge in [-0.1, -0.05) is 0 Å². The zero-order chi connectivity index (χ0) is 13.2. The van der Waals surface area contributed by atoms with Crippen molar-refractivity contribution in [1.82, 2.24) is 25.1 Å². The van der Waals surface area contributed by atoms with Crippen LogP contribution in [0.15, 0.2) is 18.5 Å². The molecule has 3 N–H and O–H groups in total. The van der Waals surface area contributed by atoms with Gasteiger partial charge in [0, 0.05) is 37.1 Å². The largest absolute Gasteiger partial charge is 0.391 e.